The third-order valence-corrected chi connectivity index (χ3v) is 3.04. The molecule has 1 unspecified atom stereocenters. The van der Waals surface area contributed by atoms with Gasteiger partial charge in [0.25, 0.3) is 0 Å². The number of benzene rings is 1. The quantitative estimate of drug-likeness (QED) is 0.855. The number of hydrogen-bond donors (Lipinski definition) is 1. The molecular weight excluding hydrogens is 268 g/mol. The number of pyridine rings is 1. The molecule has 21 heavy (non-hydrogen) atoms. The highest BCUT2D eigenvalue weighted by molar-refractivity contribution is 5.88. The van der Waals surface area contributed by atoms with Crippen LogP contribution in [0.4, 0.5) is 0 Å². The molecule has 0 aliphatic rings. The highest BCUT2D eigenvalue weighted by Crippen LogP contribution is 2.17. The molecule has 1 aromatic heterocycles. The number of nitrogens with two attached hydrogens (primary N) is 1. The summed E-state index contributed by atoms with van der Waals surface area (Å²) in [7, 11) is 1.34. The minimum absolute atomic E-state index is 0.00609. The van der Waals surface area contributed by atoms with Gasteiger partial charge in [-0.25, -0.2) is 4.79 Å². The Kier molecular flexibility index (Phi) is 4.90. The molecule has 0 saturated carbocycles. The zero-order valence-electron chi connectivity index (χ0n) is 12.1. The molecule has 5 heteroatoms. The number of ether oxygens (including phenoxy) is 2. The van der Waals surface area contributed by atoms with Crippen LogP contribution in [-0.2, 0) is 11.3 Å². The Morgan fingerprint density at radius 1 is 1.24 bits per heavy atom. The zero-order chi connectivity index (χ0) is 15.2. The number of methoxy groups -OCH3 is 1. The highest BCUT2D eigenvalue weighted by Gasteiger charge is 2.06. The average Bonchev–Trinajstić information content (AvgIpc) is 2.53. The summed E-state index contributed by atoms with van der Waals surface area (Å²) in [6.45, 7) is 2.27. The number of hydrogen-bond acceptors (Lipinski definition) is 5. The Labute approximate surface area is 123 Å². The fourth-order valence-electron chi connectivity index (χ4n) is 1.77. The predicted molar refractivity (Wildman–Crippen MR) is 79.0 cm³/mol. The Morgan fingerprint density at radius 2 is 1.95 bits per heavy atom. The van der Waals surface area contributed by atoms with Crippen LogP contribution in [0.3, 0.4) is 0 Å². The number of nitrogens with zero attached hydrogens (tertiary/aromatic N) is 1. The largest absolute Gasteiger partial charge is 0.487 e. The van der Waals surface area contributed by atoms with E-state index in [9.17, 15) is 4.79 Å². The lowest BCUT2D eigenvalue weighted by molar-refractivity contribution is 0.0600. The first-order valence-electron chi connectivity index (χ1n) is 6.61. The lowest BCUT2D eigenvalue weighted by atomic mass is 10.1. The molecule has 5 nitrogen and oxygen atoms in total. The van der Waals surface area contributed by atoms with Crippen molar-refractivity contribution >= 4 is 5.97 Å². The second kappa shape index (κ2) is 6.85. The molecule has 2 N–H and O–H groups in total. The maximum atomic E-state index is 11.3. The molecule has 110 valence electrons. The van der Waals surface area contributed by atoms with E-state index in [1.807, 2.05) is 31.2 Å². The molecule has 2 aromatic rings. The van der Waals surface area contributed by atoms with Crippen molar-refractivity contribution in [2.24, 2.45) is 5.73 Å². The third kappa shape index (κ3) is 4.03. The van der Waals surface area contributed by atoms with Crippen LogP contribution in [-0.4, -0.2) is 18.1 Å². The van der Waals surface area contributed by atoms with Crippen LogP contribution in [0, 0.1) is 0 Å². The van der Waals surface area contributed by atoms with Gasteiger partial charge in [-0.15, -0.1) is 0 Å². The third-order valence-electron chi connectivity index (χ3n) is 3.04. The van der Waals surface area contributed by atoms with Gasteiger partial charge in [-0.2, -0.15) is 0 Å². The van der Waals surface area contributed by atoms with Crippen molar-refractivity contribution < 1.29 is 14.3 Å². The van der Waals surface area contributed by atoms with Crippen LogP contribution >= 0.6 is 0 Å². The highest BCUT2D eigenvalue weighted by atomic mass is 16.5. The summed E-state index contributed by atoms with van der Waals surface area (Å²) < 4.78 is 10.2. The number of esters is 1. The second-order valence-corrected chi connectivity index (χ2v) is 4.68. The van der Waals surface area contributed by atoms with Crippen molar-refractivity contribution in [2.75, 3.05) is 7.11 Å². The second-order valence-electron chi connectivity index (χ2n) is 4.68. The van der Waals surface area contributed by atoms with E-state index in [4.69, 9.17) is 10.5 Å². The molecule has 0 spiro atoms. The van der Waals surface area contributed by atoms with Crippen molar-refractivity contribution in [2.45, 2.75) is 19.6 Å². The summed E-state index contributed by atoms with van der Waals surface area (Å²) in [5.74, 6) is 0.347. The first kappa shape index (κ1) is 15.0. The van der Waals surface area contributed by atoms with Gasteiger partial charge in [0.15, 0.2) is 0 Å². The minimum Gasteiger partial charge on any atom is -0.487 e. The molecule has 0 aliphatic carbocycles. The Hall–Kier alpha value is -2.40. The van der Waals surface area contributed by atoms with E-state index >= 15 is 0 Å². The minimum atomic E-state index is -0.401. The van der Waals surface area contributed by atoms with E-state index in [0.717, 1.165) is 17.0 Å². The Balaban J connectivity index is 1.95. The van der Waals surface area contributed by atoms with Gasteiger partial charge in [0.2, 0.25) is 0 Å². The van der Waals surface area contributed by atoms with Crippen molar-refractivity contribution in [3.8, 4) is 5.75 Å². The molecule has 0 fully saturated rings. The standard InChI is InChI=1S/C16H18N2O3/c1-11(17)12-4-7-15(8-5-12)21-10-14-6-3-13(9-18-14)16(19)20-2/h3-9,11H,10,17H2,1-2H3. The van der Waals surface area contributed by atoms with E-state index in [1.165, 1.54) is 13.3 Å². The van der Waals surface area contributed by atoms with Crippen LogP contribution in [0.25, 0.3) is 0 Å². The van der Waals surface area contributed by atoms with Gasteiger partial charge in [0.05, 0.1) is 18.4 Å². The molecular formula is C16H18N2O3. The first-order valence-corrected chi connectivity index (χ1v) is 6.61. The monoisotopic (exact) mass is 286 g/mol. The van der Waals surface area contributed by atoms with Crippen LogP contribution in [0.15, 0.2) is 42.6 Å². The first-order chi connectivity index (χ1) is 10.1. The SMILES string of the molecule is COC(=O)c1ccc(COc2ccc(C(C)N)cc2)nc1. The zero-order valence-corrected chi connectivity index (χ0v) is 12.1. The molecule has 1 aromatic carbocycles. The fraction of sp³-hybridized carbons (Fsp3) is 0.250. The molecule has 0 amide bonds. The van der Waals surface area contributed by atoms with Gasteiger partial charge in [-0.1, -0.05) is 12.1 Å². The van der Waals surface area contributed by atoms with Gasteiger partial charge in [0.1, 0.15) is 12.4 Å². The van der Waals surface area contributed by atoms with Crippen LogP contribution in [0.2, 0.25) is 0 Å². The molecule has 0 bridgehead atoms. The number of rotatable bonds is 5. The predicted octanol–water partition coefficient (Wildman–Crippen LogP) is 2.47. The number of aromatic nitrogens is 1. The van der Waals surface area contributed by atoms with Crippen molar-refractivity contribution in [1.29, 1.82) is 0 Å². The Morgan fingerprint density at radius 3 is 2.48 bits per heavy atom. The number of carbonyl (C=O) groups is 1. The molecule has 1 atom stereocenters. The maximum absolute atomic E-state index is 11.3. The summed E-state index contributed by atoms with van der Waals surface area (Å²) in [6, 6.07) is 11.0. The van der Waals surface area contributed by atoms with Crippen molar-refractivity contribution in [1.82, 2.24) is 4.98 Å². The van der Waals surface area contributed by atoms with Crippen LogP contribution < -0.4 is 10.5 Å². The van der Waals surface area contributed by atoms with Gasteiger partial charge < -0.3 is 15.2 Å². The van der Waals surface area contributed by atoms with Crippen LogP contribution in [0.5, 0.6) is 5.75 Å². The summed E-state index contributed by atoms with van der Waals surface area (Å²) in [5, 5.41) is 0. The van der Waals surface area contributed by atoms with E-state index in [1.54, 1.807) is 12.1 Å². The van der Waals surface area contributed by atoms with E-state index in [2.05, 4.69) is 9.72 Å². The average molecular weight is 286 g/mol. The van der Waals surface area contributed by atoms with Crippen molar-refractivity contribution in [3.05, 3.63) is 59.4 Å². The molecule has 0 saturated heterocycles. The fourth-order valence-corrected chi connectivity index (χ4v) is 1.77. The topological polar surface area (TPSA) is 74.4 Å². The molecule has 1 heterocycles. The van der Waals surface area contributed by atoms with Gasteiger partial charge >= 0.3 is 5.97 Å². The lowest BCUT2D eigenvalue weighted by Crippen LogP contribution is -2.05. The molecule has 2 rings (SSSR count). The summed E-state index contributed by atoms with van der Waals surface area (Å²) in [4.78, 5) is 15.5. The van der Waals surface area contributed by atoms with Crippen molar-refractivity contribution in [3.63, 3.8) is 0 Å². The van der Waals surface area contributed by atoms with Gasteiger partial charge in [-0.05, 0) is 36.8 Å². The molecule has 0 radical (unpaired) electrons. The van der Waals surface area contributed by atoms with Gasteiger partial charge in [0, 0.05) is 12.2 Å². The maximum Gasteiger partial charge on any atom is 0.339 e. The van der Waals surface area contributed by atoms with E-state index in [-0.39, 0.29) is 6.04 Å². The summed E-state index contributed by atoms with van der Waals surface area (Å²) >= 11 is 0. The van der Waals surface area contributed by atoms with Gasteiger partial charge in [-0.3, -0.25) is 4.98 Å². The summed E-state index contributed by atoms with van der Waals surface area (Å²) in [6.07, 6.45) is 1.48. The normalized spacial score (nSPS) is 11.8. The van der Waals surface area contributed by atoms with E-state index < -0.39 is 5.97 Å². The molecule has 0 aliphatic heterocycles. The number of carbonyl (C=O) groups excluding carboxylic acids is 1. The van der Waals surface area contributed by atoms with E-state index in [0.29, 0.717) is 12.2 Å². The Bertz CT molecular complexity index is 592. The van der Waals surface area contributed by atoms with Crippen LogP contribution in [0.1, 0.15) is 34.6 Å². The smallest absolute Gasteiger partial charge is 0.339 e. The summed E-state index contributed by atoms with van der Waals surface area (Å²) in [5.41, 5.74) is 8.00. The lowest BCUT2D eigenvalue weighted by Gasteiger charge is -2.09.